The Morgan fingerprint density at radius 2 is 2.00 bits per heavy atom. The molecule has 33 heavy (non-hydrogen) atoms. The Bertz CT molecular complexity index is 1160. The van der Waals surface area contributed by atoms with Crippen LogP contribution in [0, 0.1) is 12.1 Å². The number of aryl methyl sites for hydroxylation is 1. The first kappa shape index (κ1) is 24.0. The molecule has 1 saturated heterocycles. The summed E-state index contributed by atoms with van der Waals surface area (Å²) in [5.41, 5.74) is -0.187. The number of amides is 1. The number of pyridine rings is 1. The average molecular weight is 498 g/mol. The van der Waals surface area contributed by atoms with Gasteiger partial charge in [0.2, 0.25) is 5.91 Å². The maximum absolute atomic E-state index is 13.4. The lowest BCUT2D eigenvalue weighted by Crippen LogP contribution is -2.38. The fourth-order valence-electron chi connectivity index (χ4n) is 4.71. The molecule has 3 heterocycles. The van der Waals surface area contributed by atoms with E-state index in [9.17, 15) is 22.4 Å². The first-order chi connectivity index (χ1) is 15.8. The van der Waals surface area contributed by atoms with Crippen LogP contribution in [-0.4, -0.2) is 41.8 Å². The smallest absolute Gasteiger partial charge is 0.252 e. The van der Waals surface area contributed by atoms with E-state index in [2.05, 4.69) is 10.3 Å². The molecule has 1 saturated carbocycles. The molecule has 2 aromatic heterocycles. The van der Waals surface area contributed by atoms with Crippen LogP contribution in [0.2, 0.25) is 0 Å². The minimum atomic E-state index is -3.61. The lowest BCUT2D eigenvalue weighted by molar-refractivity contribution is -0.121. The zero-order chi connectivity index (χ0) is 23.6. The number of sulfone groups is 1. The summed E-state index contributed by atoms with van der Waals surface area (Å²) in [5, 5.41) is 1.68. The first-order valence-electron chi connectivity index (χ1n) is 11.3. The fraction of sp³-hybridized carbons (Fsp3) is 0.591. The van der Waals surface area contributed by atoms with Gasteiger partial charge in [0.25, 0.3) is 5.56 Å². The highest BCUT2D eigenvalue weighted by Gasteiger charge is 2.33. The van der Waals surface area contributed by atoms with Crippen LogP contribution in [0.4, 0.5) is 9.52 Å². The molecule has 0 bridgehead atoms. The number of nitrogens with one attached hydrogen (secondary N) is 1. The van der Waals surface area contributed by atoms with Gasteiger partial charge < -0.3 is 14.6 Å². The van der Waals surface area contributed by atoms with Crippen molar-refractivity contribution in [3.05, 3.63) is 39.5 Å². The molecule has 2 atom stereocenters. The van der Waals surface area contributed by atoms with Crippen LogP contribution in [-0.2, 0) is 19.4 Å². The number of carbonyl (C=O) groups excluding carboxylic acids is 1. The van der Waals surface area contributed by atoms with E-state index in [-0.39, 0.29) is 22.6 Å². The molecular formula is C22H28FN3O5S2. The maximum Gasteiger partial charge on any atom is 0.252 e. The number of anilines is 1. The molecule has 0 radical (unpaired) electrons. The normalized spacial score (nSPS) is 20.6. The summed E-state index contributed by atoms with van der Waals surface area (Å²) in [5.74, 6) is -0.518. The molecule has 8 nitrogen and oxygen atoms in total. The van der Waals surface area contributed by atoms with E-state index in [0.29, 0.717) is 36.5 Å². The molecule has 4 rings (SSSR count). The maximum atomic E-state index is 13.4. The van der Waals surface area contributed by atoms with Crippen molar-refractivity contribution in [2.45, 2.75) is 80.6 Å². The van der Waals surface area contributed by atoms with Gasteiger partial charge in [-0.3, -0.25) is 9.59 Å². The third-order valence-electron chi connectivity index (χ3n) is 6.39. The second kappa shape index (κ2) is 10.0. The average Bonchev–Trinajstić information content (AvgIpc) is 3.45. The van der Waals surface area contributed by atoms with Gasteiger partial charge in [-0.25, -0.2) is 13.4 Å². The van der Waals surface area contributed by atoms with Crippen molar-refractivity contribution in [2.75, 3.05) is 11.9 Å². The molecule has 11 heteroatoms. The van der Waals surface area contributed by atoms with Crippen molar-refractivity contribution in [1.29, 1.82) is 0 Å². The second-order valence-electron chi connectivity index (χ2n) is 8.69. The quantitative estimate of drug-likeness (QED) is 0.626. The summed E-state index contributed by atoms with van der Waals surface area (Å²) in [6.07, 6.45) is 6.63. The largest absolute Gasteiger partial charge is 0.378 e. The van der Waals surface area contributed by atoms with Crippen LogP contribution < -0.4 is 10.9 Å². The molecule has 1 unspecified atom stereocenters. The van der Waals surface area contributed by atoms with Crippen LogP contribution in [0.25, 0.3) is 0 Å². The molecule has 1 amide bonds. The number of hydrogen-bond donors (Lipinski definition) is 1. The number of hydrogen-bond acceptors (Lipinski definition) is 7. The van der Waals surface area contributed by atoms with Gasteiger partial charge in [-0.2, -0.15) is 4.39 Å². The zero-order valence-electron chi connectivity index (χ0n) is 18.5. The van der Waals surface area contributed by atoms with E-state index in [4.69, 9.17) is 4.74 Å². The first-order valence-corrected chi connectivity index (χ1v) is 13.6. The molecule has 0 aromatic carbocycles. The number of rotatable bonds is 7. The van der Waals surface area contributed by atoms with Crippen molar-refractivity contribution >= 4 is 32.2 Å². The minimum Gasteiger partial charge on any atom is -0.378 e. The molecule has 2 aromatic rings. The number of aromatic nitrogens is 2. The van der Waals surface area contributed by atoms with E-state index in [1.807, 2.05) is 0 Å². The third kappa shape index (κ3) is 5.36. The molecule has 1 N–H and O–H groups in total. The van der Waals surface area contributed by atoms with E-state index in [1.165, 1.54) is 10.6 Å². The number of carbonyl (C=O) groups is 1. The van der Waals surface area contributed by atoms with Gasteiger partial charge in [0.05, 0.1) is 22.4 Å². The summed E-state index contributed by atoms with van der Waals surface area (Å²) in [6.45, 7) is 2.21. The predicted octanol–water partition coefficient (Wildman–Crippen LogP) is 3.61. The number of nitrogens with zero attached hydrogens (tertiary/aromatic N) is 2. The number of ether oxygens (including phenoxy) is 1. The van der Waals surface area contributed by atoms with Crippen LogP contribution >= 0.6 is 11.3 Å². The summed E-state index contributed by atoms with van der Waals surface area (Å²) in [4.78, 5) is 30.2. The fourth-order valence-corrected chi connectivity index (χ4v) is 7.20. The van der Waals surface area contributed by atoms with Gasteiger partial charge in [-0.15, -0.1) is 0 Å². The van der Waals surface area contributed by atoms with Crippen LogP contribution in [0.3, 0.4) is 0 Å². The SMILES string of the molecule is Cc1cc(S(=O)(=O)C2CCCC2)cc(=O)n1[C@@H](CC1CCCCO1)C(=O)Nc1ncc(F)s1. The Morgan fingerprint density at radius 1 is 1.27 bits per heavy atom. The van der Waals surface area contributed by atoms with Gasteiger partial charge in [0.1, 0.15) is 6.04 Å². The van der Waals surface area contributed by atoms with E-state index in [0.717, 1.165) is 44.4 Å². The molecular weight excluding hydrogens is 469 g/mol. The van der Waals surface area contributed by atoms with Crippen LogP contribution in [0.15, 0.2) is 28.0 Å². The molecule has 1 aliphatic heterocycles. The topological polar surface area (TPSA) is 107 Å². The van der Waals surface area contributed by atoms with Gasteiger partial charge in [-0.05, 0) is 45.1 Å². The minimum absolute atomic E-state index is 0.00298. The highest BCUT2D eigenvalue weighted by atomic mass is 32.2. The van der Waals surface area contributed by atoms with Gasteiger partial charge >= 0.3 is 0 Å². The monoisotopic (exact) mass is 497 g/mol. The highest BCUT2D eigenvalue weighted by molar-refractivity contribution is 7.92. The van der Waals surface area contributed by atoms with E-state index >= 15 is 0 Å². The standard InChI is InChI=1S/C22H28FN3O5S2/c1-14-10-17(33(29,30)16-7-2-3-8-16)12-20(27)26(14)18(11-15-6-4-5-9-31-15)21(28)25-22-24-13-19(23)32-22/h10,12-13,15-16,18H,2-9,11H2,1H3,(H,24,25,28)/t15?,18-/m0/s1. The van der Waals surface area contributed by atoms with E-state index in [1.54, 1.807) is 6.92 Å². The Hall–Kier alpha value is -2.11. The van der Waals surface area contributed by atoms with Gasteiger partial charge in [0, 0.05) is 24.8 Å². The van der Waals surface area contributed by atoms with Crippen LogP contribution in [0.1, 0.15) is 63.1 Å². The van der Waals surface area contributed by atoms with Crippen molar-refractivity contribution in [3.63, 3.8) is 0 Å². The molecule has 2 fully saturated rings. The second-order valence-corrected chi connectivity index (χ2v) is 11.9. The third-order valence-corrected chi connectivity index (χ3v) is 9.33. The predicted molar refractivity (Wildman–Crippen MR) is 123 cm³/mol. The Morgan fingerprint density at radius 3 is 2.61 bits per heavy atom. The van der Waals surface area contributed by atoms with Crippen molar-refractivity contribution < 1.29 is 22.3 Å². The lowest BCUT2D eigenvalue weighted by Gasteiger charge is -2.28. The summed E-state index contributed by atoms with van der Waals surface area (Å²) in [7, 11) is -3.61. The Balaban J connectivity index is 1.67. The van der Waals surface area contributed by atoms with Gasteiger partial charge in [0.15, 0.2) is 20.1 Å². The van der Waals surface area contributed by atoms with Crippen LogP contribution in [0.5, 0.6) is 0 Å². The number of halogens is 1. The summed E-state index contributed by atoms with van der Waals surface area (Å²) < 4.78 is 46.5. The number of thiazole rings is 1. The summed E-state index contributed by atoms with van der Waals surface area (Å²) in [6, 6.07) is 1.64. The van der Waals surface area contributed by atoms with Gasteiger partial charge in [-0.1, -0.05) is 24.2 Å². The lowest BCUT2D eigenvalue weighted by atomic mass is 10.0. The molecule has 180 valence electrons. The zero-order valence-corrected chi connectivity index (χ0v) is 20.1. The molecule has 0 spiro atoms. The molecule has 2 aliphatic rings. The Labute approximate surface area is 196 Å². The summed E-state index contributed by atoms with van der Waals surface area (Å²) >= 11 is 0.695. The highest BCUT2D eigenvalue weighted by Crippen LogP contribution is 2.30. The van der Waals surface area contributed by atoms with Crippen molar-refractivity contribution in [2.24, 2.45) is 0 Å². The van der Waals surface area contributed by atoms with E-state index < -0.39 is 37.7 Å². The van der Waals surface area contributed by atoms with Crippen molar-refractivity contribution in [1.82, 2.24) is 9.55 Å². The Kier molecular flexibility index (Phi) is 7.30. The molecule has 1 aliphatic carbocycles. The van der Waals surface area contributed by atoms with Crippen molar-refractivity contribution in [3.8, 4) is 0 Å².